The molecule has 7 nitrogen and oxygen atoms in total. The van der Waals surface area contributed by atoms with E-state index < -0.39 is 22.5 Å². The average molecular weight is 553 g/mol. The lowest BCUT2D eigenvalue weighted by molar-refractivity contribution is -0.119. The Kier molecular flexibility index (Phi) is 7.99. The van der Waals surface area contributed by atoms with Gasteiger partial charge < -0.3 is 4.57 Å². The van der Waals surface area contributed by atoms with E-state index >= 15 is 0 Å². The molecule has 3 aromatic carbocycles. The number of sulfonamides is 1. The number of anilines is 1. The van der Waals surface area contributed by atoms with E-state index in [-0.39, 0.29) is 10.7 Å². The molecule has 4 aromatic rings. The SMILES string of the molecule is Cc1c(Cl)cccc1N(CC(=O)N/N=C\c1cc(C)n(-c2ccc(F)cc2)c1C)S(=O)(=O)c1ccccc1. The van der Waals surface area contributed by atoms with Crippen LogP contribution in [0.5, 0.6) is 0 Å². The summed E-state index contributed by atoms with van der Waals surface area (Å²) in [4.78, 5) is 12.9. The molecule has 4 rings (SSSR count). The molecule has 196 valence electrons. The van der Waals surface area contributed by atoms with Crippen molar-refractivity contribution < 1.29 is 17.6 Å². The maximum absolute atomic E-state index is 13.5. The highest BCUT2D eigenvalue weighted by atomic mass is 35.5. The summed E-state index contributed by atoms with van der Waals surface area (Å²) in [7, 11) is -4.08. The largest absolute Gasteiger partial charge is 0.318 e. The summed E-state index contributed by atoms with van der Waals surface area (Å²) < 4.78 is 43.3. The summed E-state index contributed by atoms with van der Waals surface area (Å²) in [6.45, 7) is 4.98. The zero-order valence-electron chi connectivity index (χ0n) is 21.0. The number of benzene rings is 3. The Hall–Kier alpha value is -3.95. The van der Waals surface area contributed by atoms with Crippen molar-refractivity contribution in [2.24, 2.45) is 5.10 Å². The standard InChI is InChI=1S/C28H26ClFN4O3S/c1-19-16-22(21(3)34(19)24-14-12-23(30)13-15-24)17-31-32-28(35)18-33(27-11-7-10-26(29)20(27)2)38(36,37)25-8-5-4-6-9-25/h4-17H,18H2,1-3H3,(H,32,35)/b31-17-. The number of amides is 1. The Bertz CT molecular complexity index is 1600. The molecule has 0 saturated heterocycles. The van der Waals surface area contributed by atoms with Crippen LogP contribution in [0.25, 0.3) is 5.69 Å². The minimum Gasteiger partial charge on any atom is -0.318 e. The van der Waals surface area contributed by atoms with Crippen LogP contribution >= 0.6 is 11.6 Å². The maximum atomic E-state index is 13.5. The van der Waals surface area contributed by atoms with E-state index in [1.165, 1.54) is 30.5 Å². The molecule has 0 fully saturated rings. The van der Waals surface area contributed by atoms with E-state index in [2.05, 4.69) is 10.5 Å². The fourth-order valence-corrected chi connectivity index (χ4v) is 5.80. The highest BCUT2D eigenvalue weighted by molar-refractivity contribution is 7.92. The molecule has 0 spiro atoms. The summed E-state index contributed by atoms with van der Waals surface area (Å²) >= 11 is 6.26. The number of carbonyl (C=O) groups is 1. The van der Waals surface area contributed by atoms with Crippen molar-refractivity contribution in [1.29, 1.82) is 0 Å². The predicted molar refractivity (Wildman–Crippen MR) is 148 cm³/mol. The Morgan fingerprint density at radius 3 is 2.39 bits per heavy atom. The van der Waals surface area contributed by atoms with E-state index in [4.69, 9.17) is 11.6 Å². The number of aromatic nitrogens is 1. The van der Waals surface area contributed by atoms with Gasteiger partial charge in [0.1, 0.15) is 12.4 Å². The van der Waals surface area contributed by atoms with Crippen LogP contribution in [0.3, 0.4) is 0 Å². The number of nitrogens with one attached hydrogen (secondary N) is 1. The Labute approximate surface area is 226 Å². The van der Waals surface area contributed by atoms with Crippen LogP contribution in [0.15, 0.2) is 88.9 Å². The fraction of sp³-hybridized carbons (Fsp3) is 0.143. The second-order valence-corrected chi connectivity index (χ2v) is 10.9. The predicted octanol–water partition coefficient (Wildman–Crippen LogP) is 5.54. The molecule has 0 aliphatic carbocycles. The summed E-state index contributed by atoms with van der Waals surface area (Å²) in [5.74, 6) is -0.954. The van der Waals surface area contributed by atoms with Gasteiger partial charge in [-0.15, -0.1) is 0 Å². The molecule has 0 aliphatic heterocycles. The third-order valence-electron chi connectivity index (χ3n) is 6.07. The first-order valence-electron chi connectivity index (χ1n) is 11.7. The number of rotatable bonds is 8. The van der Waals surface area contributed by atoms with Crippen molar-refractivity contribution in [2.45, 2.75) is 25.7 Å². The molecule has 0 atom stereocenters. The molecule has 1 heterocycles. The number of aryl methyl sites for hydroxylation is 1. The lowest BCUT2D eigenvalue weighted by Gasteiger charge is -2.25. The van der Waals surface area contributed by atoms with Crippen LogP contribution < -0.4 is 9.73 Å². The molecular weight excluding hydrogens is 527 g/mol. The lowest BCUT2D eigenvalue weighted by atomic mass is 10.2. The first-order valence-corrected chi connectivity index (χ1v) is 13.5. The van der Waals surface area contributed by atoms with Crippen LogP contribution in [0.1, 0.15) is 22.5 Å². The van der Waals surface area contributed by atoms with E-state index in [0.29, 0.717) is 16.3 Å². The molecule has 0 unspecified atom stereocenters. The van der Waals surface area contributed by atoms with Gasteiger partial charge in [0.05, 0.1) is 16.8 Å². The summed E-state index contributed by atoms with van der Waals surface area (Å²) in [6.07, 6.45) is 1.49. The van der Waals surface area contributed by atoms with Crippen molar-refractivity contribution >= 4 is 39.4 Å². The second-order valence-electron chi connectivity index (χ2n) is 8.64. The Morgan fingerprint density at radius 2 is 1.71 bits per heavy atom. The Morgan fingerprint density at radius 1 is 1.03 bits per heavy atom. The van der Waals surface area contributed by atoms with E-state index in [1.807, 2.05) is 24.5 Å². The van der Waals surface area contributed by atoms with Crippen molar-refractivity contribution in [3.8, 4) is 5.69 Å². The molecule has 0 aliphatic rings. The number of hydrogen-bond donors (Lipinski definition) is 1. The Balaban J connectivity index is 1.57. The lowest BCUT2D eigenvalue weighted by Crippen LogP contribution is -2.40. The summed E-state index contributed by atoms with van der Waals surface area (Å²) in [6, 6.07) is 20.8. The van der Waals surface area contributed by atoms with Gasteiger partial charge in [0.15, 0.2) is 0 Å². The quantitative estimate of drug-likeness (QED) is 0.230. The summed E-state index contributed by atoms with van der Waals surface area (Å²) in [5, 5.41) is 4.44. The third kappa shape index (κ3) is 5.64. The summed E-state index contributed by atoms with van der Waals surface area (Å²) in [5.41, 5.74) is 6.53. The van der Waals surface area contributed by atoms with Gasteiger partial charge >= 0.3 is 0 Å². The van der Waals surface area contributed by atoms with Crippen LogP contribution in [0.4, 0.5) is 10.1 Å². The zero-order chi connectivity index (χ0) is 27.4. The van der Waals surface area contributed by atoms with E-state index in [1.54, 1.807) is 55.5 Å². The van der Waals surface area contributed by atoms with Crippen molar-refractivity contribution in [1.82, 2.24) is 9.99 Å². The van der Waals surface area contributed by atoms with E-state index in [9.17, 15) is 17.6 Å². The van der Waals surface area contributed by atoms with Gasteiger partial charge in [-0.1, -0.05) is 35.9 Å². The van der Waals surface area contributed by atoms with Gasteiger partial charge in [0, 0.05) is 27.7 Å². The minimum atomic E-state index is -4.08. The van der Waals surface area contributed by atoms with Crippen LogP contribution in [0, 0.1) is 26.6 Å². The van der Waals surface area contributed by atoms with Gasteiger partial charge in [0.2, 0.25) is 0 Å². The normalized spacial score (nSPS) is 11.6. The highest BCUT2D eigenvalue weighted by Crippen LogP contribution is 2.30. The van der Waals surface area contributed by atoms with E-state index in [0.717, 1.165) is 26.9 Å². The first-order chi connectivity index (χ1) is 18.1. The molecule has 10 heteroatoms. The molecule has 0 radical (unpaired) electrons. The molecule has 1 amide bonds. The number of carbonyl (C=O) groups excluding carboxylic acids is 1. The van der Waals surface area contributed by atoms with Crippen molar-refractivity contribution in [2.75, 3.05) is 10.8 Å². The number of halogens is 2. The topological polar surface area (TPSA) is 83.8 Å². The van der Waals surface area contributed by atoms with Crippen molar-refractivity contribution in [3.05, 3.63) is 112 Å². The van der Waals surface area contributed by atoms with Crippen LogP contribution in [-0.4, -0.2) is 31.7 Å². The van der Waals surface area contributed by atoms with Gasteiger partial charge in [-0.2, -0.15) is 5.10 Å². The van der Waals surface area contributed by atoms with Crippen LogP contribution in [0.2, 0.25) is 5.02 Å². The zero-order valence-corrected chi connectivity index (χ0v) is 22.6. The van der Waals surface area contributed by atoms with Crippen LogP contribution in [-0.2, 0) is 14.8 Å². The highest BCUT2D eigenvalue weighted by Gasteiger charge is 2.28. The first kappa shape index (κ1) is 27.1. The van der Waals surface area contributed by atoms with Gasteiger partial charge in [-0.3, -0.25) is 9.10 Å². The molecule has 1 aromatic heterocycles. The number of nitrogens with zero attached hydrogens (tertiary/aromatic N) is 3. The smallest absolute Gasteiger partial charge is 0.264 e. The second kappa shape index (κ2) is 11.2. The van der Waals surface area contributed by atoms with Gasteiger partial charge in [0.25, 0.3) is 15.9 Å². The average Bonchev–Trinajstić information content (AvgIpc) is 3.18. The van der Waals surface area contributed by atoms with Gasteiger partial charge in [-0.25, -0.2) is 18.2 Å². The number of hydrazone groups is 1. The molecule has 1 N–H and O–H groups in total. The minimum absolute atomic E-state index is 0.0453. The van der Waals surface area contributed by atoms with Crippen molar-refractivity contribution in [3.63, 3.8) is 0 Å². The molecule has 0 bridgehead atoms. The fourth-order valence-electron chi connectivity index (χ4n) is 4.13. The third-order valence-corrected chi connectivity index (χ3v) is 8.26. The maximum Gasteiger partial charge on any atom is 0.264 e. The molecule has 0 saturated carbocycles. The number of hydrogen-bond acceptors (Lipinski definition) is 4. The monoisotopic (exact) mass is 552 g/mol. The molecule has 38 heavy (non-hydrogen) atoms. The van der Waals surface area contributed by atoms with Gasteiger partial charge in [-0.05, 0) is 80.9 Å². The molecular formula is C28H26ClFN4O3S.